The molecule has 0 radical (unpaired) electrons. The lowest BCUT2D eigenvalue weighted by molar-refractivity contribution is 0.557. The van der Waals surface area contributed by atoms with Crippen LogP contribution in [0.1, 0.15) is 37.8 Å². The van der Waals surface area contributed by atoms with E-state index in [1.165, 1.54) is 6.39 Å². The average molecular weight is 308 g/mol. The predicted octanol–water partition coefficient (Wildman–Crippen LogP) is 2.64. The minimum absolute atomic E-state index is 0.257. The number of nitrogens with zero attached hydrogens (tertiary/aromatic N) is 1. The lowest BCUT2D eigenvalue weighted by Crippen LogP contribution is -2.29. The molecule has 114 valence electrons. The number of hydrogen-bond donors (Lipinski definition) is 1. The Labute approximate surface area is 124 Å². The molecule has 0 amide bonds. The van der Waals surface area contributed by atoms with E-state index in [9.17, 15) is 8.42 Å². The monoisotopic (exact) mass is 308 g/mol. The highest BCUT2D eigenvalue weighted by Gasteiger charge is 2.27. The molecule has 0 fully saturated rings. The molecule has 0 saturated carbocycles. The van der Waals surface area contributed by atoms with Crippen molar-refractivity contribution in [3.8, 4) is 0 Å². The van der Waals surface area contributed by atoms with Gasteiger partial charge in [0.15, 0.2) is 12.0 Å². The van der Waals surface area contributed by atoms with Crippen molar-refractivity contribution in [2.75, 3.05) is 6.54 Å². The average Bonchev–Trinajstić information content (AvgIpc) is 2.89. The van der Waals surface area contributed by atoms with Gasteiger partial charge in [-0.15, -0.1) is 0 Å². The molecule has 2 aromatic rings. The molecule has 0 unspecified atom stereocenters. The largest absolute Gasteiger partial charge is 0.443 e. The van der Waals surface area contributed by atoms with Crippen molar-refractivity contribution >= 4 is 21.1 Å². The SMILES string of the molecule is CC(C)CNS(=O)(=O)c1c2c(cc3ocnc13)CCCC2. The van der Waals surface area contributed by atoms with Crippen LogP contribution in [-0.4, -0.2) is 19.9 Å². The fourth-order valence-electron chi connectivity index (χ4n) is 2.81. The van der Waals surface area contributed by atoms with Crippen LogP contribution in [0, 0.1) is 5.92 Å². The third kappa shape index (κ3) is 2.70. The number of sulfonamides is 1. The second-order valence-electron chi connectivity index (χ2n) is 6.00. The van der Waals surface area contributed by atoms with Crippen LogP contribution in [0.15, 0.2) is 21.8 Å². The maximum atomic E-state index is 12.7. The quantitative estimate of drug-likeness (QED) is 0.942. The van der Waals surface area contributed by atoms with Gasteiger partial charge in [0, 0.05) is 6.54 Å². The molecule has 1 heterocycles. The zero-order valence-corrected chi connectivity index (χ0v) is 13.2. The first kappa shape index (κ1) is 14.5. The summed E-state index contributed by atoms with van der Waals surface area (Å²) >= 11 is 0. The Bertz CT molecular complexity index is 763. The predicted molar refractivity (Wildman–Crippen MR) is 80.7 cm³/mol. The zero-order chi connectivity index (χ0) is 15.0. The van der Waals surface area contributed by atoms with Gasteiger partial charge in [-0.25, -0.2) is 18.1 Å². The van der Waals surface area contributed by atoms with Crippen LogP contribution in [0.3, 0.4) is 0 Å². The Morgan fingerprint density at radius 2 is 2.10 bits per heavy atom. The van der Waals surface area contributed by atoms with Gasteiger partial charge in [-0.3, -0.25) is 0 Å². The summed E-state index contributed by atoms with van der Waals surface area (Å²) in [6, 6.07) is 1.94. The van der Waals surface area contributed by atoms with Crippen molar-refractivity contribution < 1.29 is 12.8 Å². The number of fused-ring (bicyclic) bond motifs is 2. The van der Waals surface area contributed by atoms with Crippen molar-refractivity contribution in [3.63, 3.8) is 0 Å². The highest BCUT2D eigenvalue weighted by atomic mass is 32.2. The highest BCUT2D eigenvalue weighted by molar-refractivity contribution is 7.89. The molecule has 6 heteroatoms. The molecule has 0 saturated heterocycles. The van der Waals surface area contributed by atoms with Crippen LogP contribution in [-0.2, 0) is 22.9 Å². The number of benzene rings is 1. The summed E-state index contributed by atoms with van der Waals surface area (Å²) in [6.07, 6.45) is 5.11. The normalized spacial score (nSPS) is 15.6. The van der Waals surface area contributed by atoms with Crippen molar-refractivity contribution in [3.05, 3.63) is 23.6 Å². The third-order valence-electron chi connectivity index (χ3n) is 3.85. The van der Waals surface area contributed by atoms with Crippen LogP contribution < -0.4 is 4.72 Å². The molecular formula is C15H20N2O3S. The maximum absolute atomic E-state index is 12.7. The van der Waals surface area contributed by atoms with Gasteiger partial charge in [-0.2, -0.15) is 0 Å². The maximum Gasteiger partial charge on any atom is 0.243 e. The van der Waals surface area contributed by atoms with Crippen molar-refractivity contribution in [2.45, 2.75) is 44.4 Å². The molecule has 0 aliphatic heterocycles. The smallest absolute Gasteiger partial charge is 0.243 e. The fourth-order valence-corrected chi connectivity index (χ4v) is 4.48. The fraction of sp³-hybridized carbons (Fsp3) is 0.533. The third-order valence-corrected chi connectivity index (χ3v) is 5.37. The molecule has 1 aromatic heterocycles. The first-order valence-electron chi connectivity index (χ1n) is 7.36. The minimum atomic E-state index is -3.57. The Morgan fingerprint density at radius 3 is 2.86 bits per heavy atom. The van der Waals surface area contributed by atoms with Crippen LogP contribution in [0.5, 0.6) is 0 Å². The summed E-state index contributed by atoms with van der Waals surface area (Å²) < 4.78 is 33.5. The minimum Gasteiger partial charge on any atom is -0.443 e. The first-order chi connectivity index (χ1) is 9.99. The van der Waals surface area contributed by atoms with Gasteiger partial charge in [0.25, 0.3) is 0 Å². The molecule has 1 N–H and O–H groups in total. The van der Waals surface area contributed by atoms with Crippen molar-refractivity contribution in [1.82, 2.24) is 9.71 Å². The van der Waals surface area contributed by atoms with E-state index < -0.39 is 10.0 Å². The Hall–Kier alpha value is -1.40. The van der Waals surface area contributed by atoms with Gasteiger partial charge < -0.3 is 4.42 Å². The van der Waals surface area contributed by atoms with Crippen LogP contribution in [0.4, 0.5) is 0 Å². The lowest BCUT2D eigenvalue weighted by Gasteiger charge is -2.20. The summed E-state index contributed by atoms with van der Waals surface area (Å²) in [5, 5.41) is 0. The summed E-state index contributed by atoms with van der Waals surface area (Å²) in [4.78, 5) is 4.46. The lowest BCUT2D eigenvalue weighted by atomic mass is 9.91. The second-order valence-corrected chi connectivity index (χ2v) is 7.70. The number of aromatic nitrogens is 1. The molecule has 5 nitrogen and oxygen atoms in total. The Kier molecular flexibility index (Phi) is 3.75. The Morgan fingerprint density at radius 1 is 1.33 bits per heavy atom. The van der Waals surface area contributed by atoms with Crippen LogP contribution in [0.2, 0.25) is 0 Å². The van der Waals surface area contributed by atoms with Gasteiger partial charge in [0.1, 0.15) is 10.4 Å². The number of hydrogen-bond acceptors (Lipinski definition) is 4. The summed E-state index contributed by atoms with van der Waals surface area (Å²) in [5.74, 6) is 0.257. The van der Waals surface area contributed by atoms with E-state index in [4.69, 9.17) is 4.42 Å². The molecule has 1 aromatic carbocycles. The van der Waals surface area contributed by atoms with Gasteiger partial charge in [-0.1, -0.05) is 13.8 Å². The zero-order valence-electron chi connectivity index (χ0n) is 12.3. The van der Waals surface area contributed by atoms with Crippen molar-refractivity contribution in [2.24, 2.45) is 5.92 Å². The Balaban J connectivity index is 2.18. The summed E-state index contributed by atoms with van der Waals surface area (Å²) in [6.45, 7) is 4.38. The second kappa shape index (κ2) is 5.42. The van der Waals surface area contributed by atoms with Crippen LogP contribution >= 0.6 is 0 Å². The van der Waals surface area contributed by atoms with Gasteiger partial charge >= 0.3 is 0 Å². The molecule has 0 bridgehead atoms. The van der Waals surface area contributed by atoms with E-state index in [0.717, 1.165) is 36.8 Å². The standard InChI is InChI=1S/C15H20N2O3S/c1-10(2)8-17-21(18,19)15-12-6-4-3-5-11(12)7-13-14(15)16-9-20-13/h7,9-10,17H,3-6,8H2,1-2H3. The number of nitrogens with one attached hydrogen (secondary N) is 1. The van der Waals surface area contributed by atoms with Gasteiger partial charge in [-0.05, 0) is 48.8 Å². The molecule has 3 rings (SSSR count). The molecule has 1 aliphatic rings. The van der Waals surface area contributed by atoms with E-state index in [0.29, 0.717) is 22.5 Å². The van der Waals surface area contributed by atoms with Gasteiger partial charge in [0.05, 0.1) is 0 Å². The van der Waals surface area contributed by atoms with E-state index in [2.05, 4.69) is 9.71 Å². The molecule has 0 spiro atoms. The van der Waals surface area contributed by atoms with E-state index >= 15 is 0 Å². The van der Waals surface area contributed by atoms with Gasteiger partial charge in [0.2, 0.25) is 10.0 Å². The van der Waals surface area contributed by atoms with Crippen LogP contribution in [0.25, 0.3) is 11.1 Å². The summed E-state index contributed by atoms with van der Waals surface area (Å²) in [7, 11) is -3.57. The van der Waals surface area contributed by atoms with E-state index in [1.54, 1.807) is 0 Å². The highest BCUT2D eigenvalue weighted by Crippen LogP contribution is 2.33. The van der Waals surface area contributed by atoms with Crippen molar-refractivity contribution in [1.29, 1.82) is 0 Å². The van der Waals surface area contributed by atoms with E-state index in [-0.39, 0.29) is 5.92 Å². The topological polar surface area (TPSA) is 72.2 Å². The molecular weight excluding hydrogens is 288 g/mol. The number of oxazole rings is 1. The molecule has 1 aliphatic carbocycles. The van der Waals surface area contributed by atoms with E-state index in [1.807, 2.05) is 19.9 Å². The number of rotatable bonds is 4. The summed E-state index contributed by atoms with van der Waals surface area (Å²) in [5.41, 5.74) is 3.00. The first-order valence-corrected chi connectivity index (χ1v) is 8.85. The molecule has 21 heavy (non-hydrogen) atoms. The molecule has 0 atom stereocenters. The number of aryl methyl sites for hydroxylation is 1.